The molecule has 2 aromatic rings. The molecule has 0 N–H and O–H groups in total. The van der Waals surface area contributed by atoms with Gasteiger partial charge in [0.05, 0.1) is 7.11 Å². The van der Waals surface area contributed by atoms with Crippen LogP contribution in [0.15, 0.2) is 28.8 Å². The third-order valence-corrected chi connectivity index (χ3v) is 5.59. The number of benzene rings is 1. The molecule has 0 spiro atoms. The number of carbonyl (C=O) groups is 1. The number of nitrogens with zero attached hydrogens (tertiary/aromatic N) is 3. The molecule has 1 amide bonds. The molecule has 6 nitrogen and oxygen atoms in total. The number of hydrogen-bond donors (Lipinski definition) is 0. The molecule has 152 valence electrons. The van der Waals surface area contributed by atoms with Gasteiger partial charge in [-0.25, -0.2) is 0 Å². The second kappa shape index (κ2) is 9.71. The molecule has 0 saturated carbocycles. The van der Waals surface area contributed by atoms with E-state index in [-0.39, 0.29) is 17.9 Å². The van der Waals surface area contributed by atoms with Crippen molar-refractivity contribution < 1.29 is 14.1 Å². The van der Waals surface area contributed by atoms with Gasteiger partial charge in [-0.2, -0.15) is 4.98 Å². The molecule has 2 heterocycles. The van der Waals surface area contributed by atoms with Crippen molar-refractivity contribution in [2.24, 2.45) is 5.92 Å². The van der Waals surface area contributed by atoms with Crippen LogP contribution in [-0.2, 0) is 4.79 Å². The van der Waals surface area contributed by atoms with Crippen molar-refractivity contribution in [2.75, 3.05) is 13.7 Å². The van der Waals surface area contributed by atoms with Crippen molar-refractivity contribution in [1.82, 2.24) is 15.0 Å². The lowest BCUT2D eigenvalue weighted by atomic mass is 9.94. The van der Waals surface area contributed by atoms with Crippen molar-refractivity contribution in [3.8, 4) is 17.1 Å². The average Bonchev–Trinajstić information content (AvgIpc) is 3.24. The van der Waals surface area contributed by atoms with E-state index in [1.165, 1.54) is 0 Å². The monoisotopic (exact) mass is 385 g/mol. The molecule has 6 heteroatoms. The van der Waals surface area contributed by atoms with Crippen LogP contribution in [0.3, 0.4) is 0 Å². The Balaban J connectivity index is 1.80. The first-order valence-electron chi connectivity index (χ1n) is 10.5. The van der Waals surface area contributed by atoms with Gasteiger partial charge in [-0.05, 0) is 44.2 Å². The Labute approximate surface area is 167 Å². The van der Waals surface area contributed by atoms with Gasteiger partial charge in [-0.3, -0.25) is 4.79 Å². The summed E-state index contributed by atoms with van der Waals surface area (Å²) in [4.78, 5) is 19.8. The second-order valence-corrected chi connectivity index (χ2v) is 7.48. The van der Waals surface area contributed by atoms with Crippen molar-refractivity contribution in [3.63, 3.8) is 0 Å². The van der Waals surface area contributed by atoms with E-state index >= 15 is 0 Å². The zero-order valence-corrected chi connectivity index (χ0v) is 17.2. The molecular weight excluding hydrogens is 354 g/mol. The van der Waals surface area contributed by atoms with E-state index in [1.807, 2.05) is 29.2 Å². The quantitative estimate of drug-likeness (QED) is 0.638. The number of amides is 1. The van der Waals surface area contributed by atoms with Gasteiger partial charge in [0.1, 0.15) is 11.8 Å². The number of piperidine rings is 1. The first-order valence-corrected chi connectivity index (χ1v) is 10.5. The lowest BCUT2D eigenvalue weighted by Crippen LogP contribution is -2.42. The Morgan fingerprint density at radius 2 is 2.21 bits per heavy atom. The zero-order chi connectivity index (χ0) is 19.9. The summed E-state index contributed by atoms with van der Waals surface area (Å²) >= 11 is 0. The van der Waals surface area contributed by atoms with E-state index in [2.05, 4.69) is 24.0 Å². The molecule has 3 rings (SSSR count). The minimum atomic E-state index is -0.121. The number of aromatic nitrogens is 2. The number of rotatable bonds is 8. The Hall–Kier alpha value is -2.37. The molecule has 0 aliphatic carbocycles. The van der Waals surface area contributed by atoms with Gasteiger partial charge >= 0.3 is 0 Å². The minimum Gasteiger partial charge on any atom is -0.497 e. The van der Waals surface area contributed by atoms with Gasteiger partial charge in [-0.15, -0.1) is 0 Å². The summed E-state index contributed by atoms with van der Waals surface area (Å²) in [5.41, 5.74) is 0.845. The molecule has 0 bridgehead atoms. The van der Waals surface area contributed by atoms with Crippen molar-refractivity contribution in [2.45, 2.75) is 64.8 Å². The zero-order valence-electron chi connectivity index (χ0n) is 17.2. The highest BCUT2D eigenvalue weighted by Crippen LogP contribution is 2.33. The van der Waals surface area contributed by atoms with Crippen LogP contribution in [0.5, 0.6) is 5.75 Å². The number of methoxy groups -OCH3 is 1. The molecule has 1 aliphatic heterocycles. The summed E-state index contributed by atoms with van der Waals surface area (Å²) in [6.45, 7) is 5.03. The van der Waals surface area contributed by atoms with Crippen LogP contribution in [0.1, 0.15) is 70.7 Å². The molecule has 1 aromatic heterocycles. The van der Waals surface area contributed by atoms with Crippen molar-refractivity contribution in [3.05, 3.63) is 30.2 Å². The molecule has 2 atom stereocenters. The largest absolute Gasteiger partial charge is 0.497 e. The third-order valence-electron chi connectivity index (χ3n) is 5.59. The molecule has 28 heavy (non-hydrogen) atoms. The first kappa shape index (κ1) is 20.4. The number of hydrogen-bond acceptors (Lipinski definition) is 5. The highest BCUT2D eigenvalue weighted by molar-refractivity contribution is 5.79. The fourth-order valence-corrected chi connectivity index (χ4v) is 3.89. The minimum absolute atomic E-state index is 0.0846. The second-order valence-electron chi connectivity index (χ2n) is 7.48. The predicted molar refractivity (Wildman–Crippen MR) is 108 cm³/mol. The van der Waals surface area contributed by atoms with Crippen LogP contribution in [0, 0.1) is 5.92 Å². The Bertz CT molecular complexity index is 774. The molecule has 1 fully saturated rings. The first-order chi connectivity index (χ1) is 13.7. The Kier molecular flexibility index (Phi) is 7.06. The number of carbonyl (C=O) groups excluding carboxylic acids is 1. The molecule has 1 aromatic carbocycles. The van der Waals surface area contributed by atoms with Crippen LogP contribution in [0.2, 0.25) is 0 Å². The number of ether oxygens (including phenoxy) is 1. The van der Waals surface area contributed by atoms with E-state index in [0.29, 0.717) is 11.7 Å². The number of unbranched alkanes of at least 4 members (excludes halogenated alkanes) is 1. The van der Waals surface area contributed by atoms with E-state index < -0.39 is 0 Å². The van der Waals surface area contributed by atoms with Crippen LogP contribution in [-0.4, -0.2) is 34.6 Å². The summed E-state index contributed by atoms with van der Waals surface area (Å²) in [6, 6.07) is 7.48. The van der Waals surface area contributed by atoms with Crippen LogP contribution in [0.4, 0.5) is 0 Å². The van der Waals surface area contributed by atoms with Crippen LogP contribution >= 0.6 is 0 Å². The fourth-order valence-electron chi connectivity index (χ4n) is 3.89. The molecule has 1 saturated heterocycles. The standard InChI is InChI=1S/C22H31N3O3/c1-4-6-10-16(5-2)22(26)25-14-8-7-13-19(25)21-23-20(24-28-21)17-11-9-12-18(15-17)27-3/h9,11-12,15-16,19H,4-8,10,13-14H2,1-3H3. The highest BCUT2D eigenvalue weighted by Gasteiger charge is 2.34. The molecule has 1 aliphatic rings. The third kappa shape index (κ3) is 4.54. The van der Waals surface area contributed by atoms with Crippen molar-refractivity contribution >= 4 is 5.91 Å². The van der Waals surface area contributed by atoms with E-state index in [4.69, 9.17) is 9.26 Å². The van der Waals surface area contributed by atoms with E-state index in [9.17, 15) is 4.79 Å². The predicted octanol–water partition coefficient (Wildman–Crippen LogP) is 5.02. The maximum absolute atomic E-state index is 13.2. The molecule has 0 radical (unpaired) electrons. The Morgan fingerprint density at radius 1 is 1.36 bits per heavy atom. The smallest absolute Gasteiger partial charge is 0.249 e. The van der Waals surface area contributed by atoms with Gasteiger partial charge in [-0.1, -0.05) is 44.0 Å². The van der Waals surface area contributed by atoms with Crippen LogP contribution in [0.25, 0.3) is 11.4 Å². The van der Waals surface area contributed by atoms with Gasteiger partial charge in [0.15, 0.2) is 0 Å². The van der Waals surface area contributed by atoms with E-state index in [1.54, 1.807) is 7.11 Å². The summed E-state index contributed by atoms with van der Waals surface area (Å²) in [5.74, 6) is 2.14. The van der Waals surface area contributed by atoms with Gasteiger partial charge in [0.25, 0.3) is 0 Å². The van der Waals surface area contributed by atoms with E-state index in [0.717, 1.165) is 62.8 Å². The summed E-state index contributed by atoms with van der Waals surface area (Å²) in [7, 11) is 1.63. The SMILES string of the molecule is CCCCC(CC)C(=O)N1CCCCC1c1nc(-c2cccc(OC)c2)no1. The molecule has 2 unspecified atom stereocenters. The summed E-state index contributed by atoms with van der Waals surface area (Å²) in [6.07, 6.45) is 7.00. The van der Waals surface area contributed by atoms with Crippen LogP contribution < -0.4 is 4.74 Å². The van der Waals surface area contributed by atoms with Gasteiger partial charge in [0, 0.05) is 18.0 Å². The Morgan fingerprint density at radius 3 is 2.96 bits per heavy atom. The fraction of sp³-hybridized carbons (Fsp3) is 0.591. The normalized spacial score (nSPS) is 18.1. The topological polar surface area (TPSA) is 68.5 Å². The number of likely N-dealkylation sites (tertiary alicyclic amines) is 1. The lowest BCUT2D eigenvalue weighted by molar-refractivity contribution is -0.140. The lowest BCUT2D eigenvalue weighted by Gasteiger charge is -2.35. The maximum atomic E-state index is 13.2. The summed E-state index contributed by atoms with van der Waals surface area (Å²) in [5, 5.41) is 4.17. The highest BCUT2D eigenvalue weighted by atomic mass is 16.5. The van der Waals surface area contributed by atoms with Crippen molar-refractivity contribution in [1.29, 1.82) is 0 Å². The van der Waals surface area contributed by atoms with Gasteiger partial charge < -0.3 is 14.2 Å². The molecular formula is C22H31N3O3. The average molecular weight is 386 g/mol. The maximum Gasteiger partial charge on any atom is 0.249 e. The summed E-state index contributed by atoms with van der Waals surface area (Å²) < 4.78 is 10.9. The van der Waals surface area contributed by atoms with Gasteiger partial charge in [0.2, 0.25) is 17.6 Å².